The van der Waals surface area contributed by atoms with Gasteiger partial charge in [0.25, 0.3) is 0 Å². The number of nitrogen functional groups attached to an aromatic ring is 1. The number of nitrogens with two attached hydrogens (primary N) is 1. The summed E-state index contributed by atoms with van der Waals surface area (Å²) in [6, 6.07) is 11.0. The number of rotatable bonds is 2. The molecular formula is C11H11Cl2N3. The lowest BCUT2D eigenvalue weighted by molar-refractivity contribution is 1.31. The zero-order chi connectivity index (χ0) is 10.7. The molecule has 2 rings (SSSR count). The van der Waals surface area contributed by atoms with Crippen LogP contribution in [0.3, 0.4) is 0 Å². The summed E-state index contributed by atoms with van der Waals surface area (Å²) in [7, 11) is 0. The molecule has 0 saturated carbocycles. The first kappa shape index (κ1) is 12.6. The molecule has 84 valence electrons. The van der Waals surface area contributed by atoms with Gasteiger partial charge in [-0.05, 0) is 36.4 Å². The van der Waals surface area contributed by atoms with E-state index in [0.29, 0.717) is 16.5 Å². The van der Waals surface area contributed by atoms with Crippen LogP contribution in [0.25, 0.3) is 0 Å². The van der Waals surface area contributed by atoms with E-state index < -0.39 is 0 Å². The summed E-state index contributed by atoms with van der Waals surface area (Å²) < 4.78 is 0. The van der Waals surface area contributed by atoms with Gasteiger partial charge in [0.15, 0.2) is 5.82 Å². The van der Waals surface area contributed by atoms with Crippen molar-refractivity contribution >= 4 is 41.2 Å². The van der Waals surface area contributed by atoms with E-state index in [1.165, 1.54) is 0 Å². The minimum atomic E-state index is 0. The van der Waals surface area contributed by atoms with Crippen LogP contribution in [0.2, 0.25) is 5.02 Å². The Labute approximate surface area is 105 Å². The minimum Gasteiger partial charge on any atom is -0.396 e. The van der Waals surface area contributed by atoms with Gasteiger partial charge in [0.1, 0.15) is 0 Å². The van der Waals surface area contributed by atoms with E-state index in [4.69, 9.17) is 17.3 Å². The maximum Gasteiger partial charge on any atom is 0.153 e. The van der Waals surface area contributed by atoms with Gasteiger partial charge in [0, 0.05) is 16.9 Å². The molecule has 2 aromatic rings. The highest BCUT2D eigenvalue weighted by Gasteiger charge is 1.99. The van der Waals surface area contributed by atoms with Crippen LogP contribution < -0.4 is 11.1 Å². The Hall–Kier alpha value is -1.45. The fourth-order valence-corrected chi connectivity index (χ4v) is 1.32. The molecule has 0 bridgehead atoms. The molecular weight excluding hydrogens is 245 g/mol. The first-order valence-corrected chi connectivity index (χ1v) is 4.86. The molecule has 5 heteroatoms. The highest BCUT2D eigenvalue weighted by molar-refractivity contribution is 6.30. The molecule has 0 saturated heterocycles. The van der Waals surface area contributed by atoms with Gasteiger partial charge in [-0.3, -0.25) is 0 Å². The number of benzene rings is 1. The fraction of sp³-hybridized carbons (Fsp3) is 0. The van der Waals surface area contributed by atoms with Gasteiger partial charge in [-0.25, -0.2) is 4.98 Å². The van der Waals surface area contributed by atoms with E-state index in [1.54, 1.807) is 18.3 Å². The topological polar surface area (TPSA) is 50.9 Å². The van der Waals surface area contributed by atoms with Gasteiger partial charge < -0.3 is 11.1 Å². The predicted molar refractivity (Wildman–Crippen MR) is 70.6 cm³/mol. The third-order valence-electron chi connectivity index (χ3n) is 1.95. The van der Waals surface area contributed by atoms with Gasteiger partial charge in [-0.1, -0.05) is 11.6 Å². The molecule has 0 fully saturated rings. The Morgan fingerprint density at radius 2 is 1.81 bits per heavy atom. The Bertz CT molecular complexity index is 457. The molecule has 0 aliphatic rings. The summed E-state index contributed by atoms with van der Waals surface area (Å²) in [5, 5.41) is 3.81. The average molecular weight is 256 g/mol. The lowest BCUT2D eigenvalue weighted by Gasteiger charge is -2.07. The summed E-state index contributed by atoms with van der Waals surface area (Å²) >= 11 is 5.78. The SMILES string of the molecule is Cl.Nc1cccnc1Nc1ccc(Cl)cc1. The van der Waals surface area contributed by atoms with Crippen LogP contribution in [0, 0.1) is 0 Å². The molecule has 3 N–H and O–H groups in total. The van der Waals surface area contributed by atoms with Gasteiger partial charge >= 0.3 is 0 Å². The molecule has 0 unspecified atom stereocenters. The first-order valence-electron chi connectivity index (χ1n) is 4.49. The molecule has 0 aliphatic carbocycles. The summed E-state index contributed by atoms with van der Waals surface area (Å²) in [6.45, 7) is 0. The highest BCUT2D eigenvalue weighted by atomic mass is 35.5. The molecule has 1 aromatic heterocycles. The summed E-state index contributed by atoms with van der Waals surface area (Å²) in [5.41, 5.74) is 7.27. The first-order chi connectivity index (χ1) is 7.25. The fourth-order valence-electron chi connectivity index (χ4n) is 1.19. The molecule has 1 aromatic carbocycles. The van der Waals surface area contributed by atoms with E-state index in [-0.39, 0.29) is 12.4 Å². The number of anilines is 3. The normalized spacial score (nSPS) is 9.31. The lowest BCUT2D eigenvalue weighted by Crippen LogP contribution is -1.97. The van der Waals surface area contributed by atoms with Crippen LogP contribution in [0.5, 0.6) is 0 Å². The van der Waals surface area contributed by atoms with Crippen LogP contribution in [-0.2, 0) is 0 Å². The molecule has 0 amide bonds. The van der Waals surface area contributed by atoms with Gasteiger partial charge in [-0.2, -0.15) is 0 Å². The molecule has 3 nitrogen and oxygen atoms in total. The van der Waals surface area contributed by atoms with Crippen LogP contribution in [0.4, 0.5) is 17.2 Å². The molecule has 1 heterocycles. The number of pyridine rings is 1. The predicted octanol–water partition coefficient (Wildman–Crippen LogP) is 3.48. The van der Waals surface area contributed by atoms with Crippen molar-refractivity contribution in [3.8, 4) is 0 Å². The smallest absolute Gasteiger partial charge is 0.153 e. The van der Waals surface area contributed by atoms with E-state index in [9.17, 15) is 0 Å². The molecule has 0 spiro atoms. The highest BCUT2D eigenvalue weighted by Crippen LogP contribution is 2.21. The van der Waals surface area contributed by atoms with E-state index in [1.807, 2.05) is 24.3 Å². The van der Waals surface area contributed by atoms with Crippen molar-refractivity contribution in [2.75, 3.05) is 11.1 Å². The molecule has 0 aliphatic heterocycles. The van der Waals surface area contributed by atoms with Crippen molar-refractivity contribution < 1.29 is 0 Å². The molecule has 16 heavy (non-hydrogen) atoms. The second-order valence-electron chi connectivity index (χ2n) is 3.07. The number of nitrogens with zero attached hydrogens (tertiary/aromatic N) is 1. The van der Waals surface area contributed by atoms with Crippen molar-refractivity contribution in [2.45, 2.75) is 0 Å². The Balaban J connectivity index is 0.00000128. The van der Waals surface area contributed by atoms with E-state index >= 15 is 0 Å². The standard InChI is InChI=1S/C11H10ClN3.ClH/c12-8-3-5-9(6-4-8)15-11-10(13)2-1-7-14-11;/h1-7H,13H2,(H,14,15);1H. The summed E-state index contributed by atoms with van der Waals surface area (Å²) in [6.07, 6.45) is 1.69. The van der Waals surface area contributed by atoms with E-state index in [0.717, 1.165) is 5.69 Å². The quantitative estimate of drug-likeness (QED) is 0.864. The van der Waals surface area contributed by atoms with Gasteiger partial charge in [-0.15, -0.1) is 12.4 Å². The summed E-state index contributed by atoms with van der Waals surface area (Å²) in [4.78, 5) is 4.13. The number of hydrogen-bond donors (Lipinski definition) is 2. The maximum absolute atomic E-state index is 5.78. The van der Waals surface area contributed by atoms with Crippen LogP contribution >= 0.6 is 24.0 Å². The van der Waals surface area contributed by atoms with Crippen molar-refractivity contribution in [1.82, 2.24) is 4.98 Å². The number of halogens is 2. The van der Waals surface area contributed by atoms with Gasteiger partial charge in [0.2, 0.25) is 0 Å². The Morgan fingerprint density at radius 1 is 1.12 bits per heavy atom. The number of hydrogen-bond acceptors (Lipinski definition) is 3. The third kappa shape index (κ3) is 3.02. The van der Waals surface area contributed by atoms with Crippen molar-refractivity contribution in [1.29, 1.82) is 0 Å². The Morgan fingerprint density at radius 3 is 2.44 bits per heavy atom. The Kier molecular flexibility index (Phi) is 4.40. The van der Waals surface area contributed by atoms with Crippen molar-refractivity contribution in [3.63, 3.8) is 0 Å². The summed E-state index contributed by atoms with van der Waals surface area (Å²) in [5.74, 6) is 0.653. The number of nitrogens with one attached hydrogen (secondary N) is 1. The zero-order valence-electron chi connectivity index (χ0n) is 8.35. The third-order valence-corrected chi connectivity index (χ3v) is 2.20. The largest absolute Gasteiger partial charge is 0.396 e. The maximum atomic E-state index is 5.78. The second-order valence-corrected chi connectivity index (χ2v) is 3.51. The second kappa shape index (κ2) is 5.58. The van der Waals surface area contributed by atoms with Crippen molar-refractivity contribution in [2.24, 2.45) is 0 Å². The monoisotopic (exact) mass is 255 g/mol. The molecule has 0 atom stereocenters. The van der Waals surface area contributed by atoms with Crippen LogP contribution in [0.15, 0.2) is 42.6 Å². The van der Waals surface area contributed by atoms with E-state index in [2.05, 4.69) is 10.3 Å². The van der Waals surface area contributed by atoms with Crippen LogP contribution in [0.1, 0.15) is 0 Å². The lowest BCUT2D eigenvalue weighted by atomic mass is 10.3. The zero-order valence-corrected chi connectivity index (χ0v) is 9.92. The van der Waals surface area contributed by atoms with Crippen LogP contribution in [-0.4, -0.2) is 4.98 Å². The van der Waals surface area contributed by atoms with Crippen molar-refractivity contribution in [3.05, 3.63) is 47.6 Å². The number of aromatic nitrogens is 1. The average Bonchev–Trinajstić information content (AvgIpc) is 2.25. The molecule has 0 radical (unpaired) electrons. The minimum absolute atomic E-state index is 0. The van der Waals surface area contributed by atoms with Gasteiger partial charge in [0.05, 0.1) is 5.69 Å².